The first-order valence-corrected chi connectivity index (χ1v) is 13.2. The van der Waals surface area contributed by atoms with Crippen LogP contribution < -0.4 is 17.0 Å². The Morgan fingerprint density at radius 3 is 2.56 bits per heavy atom. The third-order valence-electron chi connectivity index (χ3n) is 4.53. The molecule has 202 valence electrons. The van der Waals surface area contributed by atoms with Gasteiger partial charge in [0.2, 0.25) is 0 Å². The van der Waals surface area contributed by atoms with Gasteiger partial charge in [-0.1, -0.05) is 4.57 Å². The zero-order valence-corrected chi connectivity index (χ0v) is 21.4. The summed E-state index contributed by atoms with van der Waals surface area (Å²) in [5, 5.41) is 9.97. The fourth-order valence-corrected chi connectivity index (χ4v) is 3.97. The molecule has 0 amide bonds. The van der Waals surface area contributed by atoms with E-state index in [4.69, 9.17) is 40.8 Å². The molecule has 8 N–H and O–H groups in total. The van der Waals surface area contributed by atoms with Crippen LogP contribution in [0.2, 0.25) is 0 Å². The number of anilines is 1. The van der Waals surface area contributed by atoms with Crippen molar-refractivity contribution < 1.29 is 47.4 Å². The molecule has 3 rings (SSSR count). The molecule has 0 bridgehead atoms. The molecule has 5 atom stereocenters. The van der Waals surface area contributed by atoms with E-state index >= 15 is 0 Å². The topological polar surface area (TPSA) is 259 Å². The molecule has 17 nitrogen and oxygen atoms in total. The number of aliphatic hydroxyl groups excluding tert-OH is 1. The fraction of sp³-hybridized carbons (Fsp3) is 0.647. The van der Waals surface area contributed by atoms with E-state index in [9.17, 15) is 19.0 Å². The normalized spacial score (nSPS) is 21.7. The molecular weight excluding hydrogens is 524 g/mol. The van der Waals surface area contributed by atoms with Gasteiger partial charge in [-0.3, -0.25) is 23.4 Å². The van der Waals surface area contributed by atoms with Gasteiger partial charge < -0.3 is 30.9 Å². The van der Waals surface area contributed by atoms with Gasteiger partial charge in [-0.25, -0.2) is 25.0 Å². The second-order valence-corrected chi connectivity index (χ2v) is 9.28. The molecule has 1 saturated heterocycles. The van der Waals surface area contributed by atoms with E-state index in [1.165, 1.54) is 12.7 Å². The summed E-state index contributed by atoms with van der Waals surface area (Å²) in [4.78, 5) is 31.9. The van der Waals surface area contributed by atoms with E-state index in [-0.39, 0.29) is 38.6 Å². The van der Waals surface area contributed by atoms with Crippen molar-refractivity contribution >= 4 is 39.2 Å². The lowest BCUT2D eigenvalue weighted by atomic mass is 10.2. The summed E-state index contributed by atoms with van der Waals surface area (Å²) in [6.45, 7) is 3.16. The number of fused-ring (bicyclic) bond motifs is 1. The molecule has 0 aromatic carbocycles. The lowest BCUT2D eigenvalue weighted by molar-refractivity contribution is -0.302. The molecule has 19 heteroatoms. The highest BCUT2D eigenvalue weighted by Crippen LogP contribution is 2.36. The van der Waals surface area contributed by atoms with Gasteiger partial charge in [-0.2, -0.15) is 0 Å². The van der Waals surface area contributed by atoms with Crippen molar-refractivity contribution in [1.29, 1.82) is 0 Å². The van der Waals surface area contributed by atoms with Crippen molar-refractivity contribution in [3.8, 4) is 0 Å². The number of carbonyl (C=O) groups is 1. The number of nitrogens with zero attached hydrogens (tertiary/aromatic N) is 4. The number of hydrogen-bond donors (Lipinski definition) is 5. The van der Waals surface area contributed by atoms with E-state index in [0.29, 0.717) is 11.2 Å². The second-order valence-electron chi connectivity index (χ2n) is 7.08. The van der Waals surface area contributed by atoms with Crippen molar-refractivity contribution in [3.05, 3.63) is 12.7 Å². The lowest BCUT2D eigenvalue weighted by Gasteiger charge is -2.18. The van der Waals surface area contributed by atoms with Crippen LogP contribution in [0.4, 0.5) is 5.82 Å². The minimum absolute atomic E-state index is 0.215. The average Bonchev–Trinajstić information content (AvgIpc) is 3.42. The van der Waals surface area contributed by atoms with Gasteiger partial charge in [0.1, 0.15) is 24.2 Å². The molecule has 1 aliphatic heterocycles. The standard InChI is InChI=1S/C10H15N6O5P.C7H14NO5P/c11-9-8-10(14-3-13-9)16(4-15-8)7-1-5(17)6(21-7)2-20-22(12,18)19;1-3-11-7(14-10,12-4-2)13-6(9)5-8/h3-7,17H,1-2H2,(H2,11,13,14)(H3,12,18,19);3-5,8H2,1-2H3/p+1/t5-,6+,7+;/m0./s1. The number of aliphatic hydroxyl groups is 1. The van der Waals surface area contributed by atoms with Gasteiger partial charge in [0.25, 0.3) is 0 Å². The zero-order valence-electron chi connectivity index (χ0n) is 19.6. The molecule has 0 spiro atoms. The third-order valence-corrected chi connectivity index (χ3v) is 5.69. The maximum absolute atomic E-state index is 10.9. The van der Waals surface area contributed by atoms with Crippen LogP contribution in [0.3, 0.4) is 0 Å². The number of nitrogen functional groups attached to an aromatic ring is 1. The maximum Gasteiger partial charge on any atom is 0.542 e. The summed E-state index contributed by atoms with van der Waals surface area (Å²) in [7, 11) is -5.18. The van der Waals surface area contributed by atoms with Gasteiger partial charge >= 0.3 is 27.9 Å². The van der Waals surface area contributed by atoms with Gasteiger partial charge in [-0.05, 0) is 13.8 Å². The van der Waals surface area contributed by atoms with Crippen LogP contribution >= 0.6 is 16.2 Å². The van der Waals surface area contributed by atoms with E-state index < -0.39 is 46.3 Å². The Hall–Kier alpha value is -2.17. The number of hydrogen-bond acceptors (Lipinski definition) is 14. The summed E-state index contributed by atoms with van der Waals surface area (Å²) < 4.78 is 48.2. The van der Waals surface area contributed by atoms with Crippen molar-refractivity contribution in [2.75, 3.05) is 32.1 Å². The Labute approximate surface area is 207 Å². The molecule has 2 aromatic heterocycles. The van der Waals surface area contributed by atoms with E-state index in [2.05, 4.69) is 19.5 Å². The first-order valence-electron chi connectivity index (χ1n) is 10.6. The Morgan fingerprint density at radius 2 is 2.00 bits per heavy atom. The van der Waals surface area contributed by atoms with E-state index in [1.54, 1.807) is 18.4 Å². The number of carbonyl (C=O) groups excluding carboxylic acids is 1. The number of ether oxygens (including phenoxy) is 4. The smallest absolute Gasteiger partial charge is 0.390 e. The maximum atomic E-state index is 10.9. The first-order chi connectivity index (χ1) is 17.0. The minimum atomic E-state index is -4.12. The van der Waals surface area contributed by atoms with Gasteiger partial charge in [-0.15, -0.1) is 0 Å². The predicted molar refractivity (Wildman–Crippen MR) is 124 cm³/mol. The van der Waals surface area contributed by atoms with Crippen LogP contribution in [0, 0.1) is 0 Å². The number of aromatic nitrogens is 4. The Bertz CT molecular complexity index is 1060. The molecule has 0 aliphatic carbocycles. The summed E-state index contributed by atoms with van der Waals surface area (Å²) in [5.41, 5.74) is 14.7. The number of esters is 1. The summed E-state index contributed by atoms with van der Waals surface area (Å²) in [5.74, 6) is -0.484. The summed E-state index contributed by atoms with van der Waals surface area (Å²) in [6, 6.07) is 0. The molecule has 2 unspecified atom stereocenters. The molecule has 36 heavy (non-hydrogen) atoms. The highest BCUT2D eigenvalue weighted by atomic mass is 31.2. The fourth-order valence-electron chi connectivity index (χ4n) is 3.05. The van der Waals surface area contributed by atoms with Crippen molar-refractivity contribution in [2.45, 2.75) is 44.4 Å². The average molecular weight is 554 g/mol. The van der Waals surface area contributed by atoms with Crippen LogP contribution in [-0.2, 0) is 37.4 Å². The molecule has 2 aromatic rings. The largest absolute Gasteiger partial charge is 0.542 e. The Kier molecular flexibility index (Phi) is 11.2. The zero-order chi connectivity index (χ0) is 26.9. The van der Waals surface area contributed by atoms with Crippen LogP contribution in [0.25, 0.3) is 11.2 Å². The highest BCUT2D eigenvalue weighted by molar-refractivity contribution is 7.50. The van der Waals surface area contributed by atoms with Crippen LogP contribution in [0.1, 0.15) is 26.5 Å². The quantitative estimate of drug-likeness (QED) is 0.131. The lowest BCUT2D eigenvalue weighted by Crippen LogP contribution is -2.37. The van der Waals surface area contributed by atoms with E-state index in [0.717, 1.165) is 0 Å². The highest BCUT2D eigenvalue weighted by Gasteiger charge is 2.46. The van der Waals surface area contributed by atoms with Crippen molar-refractivity contribution in [2.24, 2.45) is 11.2 Å². The van der Waals surface area contributed by atoms with Crippen LogP contribution in [0.5, 0.6) is 0 Å². The molecule has 1 fully saturated rings. The molecule has 0 radical (unpaired) electrons. The third kappa shape index (κ3) is 8.18. The van der Waals surface area contributed by atoms with Gasteiger partial charge in [0, 0.05) is 6.42 Å². The predicted octanol–water partition coefficient (Wildman–Crippen LogP) is -0.671. The first kappa shape index (κ1) is 30.1. The second kappa shape index (κ2) is 13.4. The monoisotopic (exact) mass is 554 g/mol. The molecular formula is C17H30N7O10P2+. The minimum Gasteiger partial charge on any atom is -0.390 e. The van der Waals surface area contributed by atoms with Crippen LogP contribution in [-0.4, -0.2) is 79.8 Å². The molecule has 0 saturated carbocycles. The Morgan fingerprint density at radius 1 is 1.33 bits per heavy atom. The summed E-state index contributed by atoms with van der Waals surface area (Å²) >= 11 is 0. The SMILES string of the molecule is CCOC(OCC)(OC(=O)CN)[PH+]=O.Nc1ncnc2c1ncn2[C@H]1C[C@H](O)[C@@H](COP(N)(=O)O)O1. The Balaban J connectivity index is 0.000000284. The van der Waals surface area contributed by atoms with Gasteiger partial charge in [0.05, 0.1) is 38.8 Å². The van der Waals surface area contributed by atoms with E-state index in [1.807, 2.05) is 0 Å². The summed E-state index contributed by atoms with van der Waals surface area (Å²) in [6.07, 6.45) is 0.802. The van der Waals surface area contributed by atoms with Crippen molar-refractivity contribution in [1.82, 2.24) is 19.5 Å². The number of rotatable bonds is 11. The van der Waals surface area contributed by atoms with Gasteiger partial charge in [0.15, 0.2) is 11.5 Å². The van der Waals surface area contributed by atoms with Crippen molar-refractivity contribution in [3.63, 3.8) is 0 Å². The number of imidazole rings is 1. The molecule has 3 heterocycles. The molecule has 1 aliphatic rings. The number of nitrogens with two attached hydrogens (primary N) is 3. The van der Waals surface area contributed by atoms with Crippen LogP contribution in [0.15, 0.2) is 12.7 Å².